The minimum absolute atomic E-state index is 0.330. The second-order valence-corrected chi connectivity index (χ2v) is 4.72. The Labute approximate surface area is 118 Å². The molecule has 1 fully saturated rings. The summed E-state index contributed by atoms with van der Waals surface area (Å²) in [6.45, 7) is 4.49. The fourth-order valence-electron chi connectivity index (χ4n) is 2.00. The van der Waals surface area contributed by atoms with Gasteiger partial charge in [0, 0.05) is 18.8 Å². The van der Waals surface area contributed by atoms with Gasteiger partial charge in [-0.3, -0.25) is 0 Å². The average molecular weight is 274 g/mol. The Kier molecular flexibility index (Phi) is 4.51. The first-order valence-corrected chi connectivity index (χ1v) is 6.81. The van der Waals surface area contributed by atoms with Crippen LogP contribution in [0.2, 0.25) is 0 Å². The number of rotatable bonds is 6. The first-order chi connectivity index (χ1) is 9.67. The van der Waals surface area contributed by atoms with Crippen LogP contribution in [-0.4, -0.2) is 35.1 Å². The molecule has 0 amide bonds. The predicted molar refractivity (Wildman–Crippen MR) is 73.3 cm³/mol. The van der Waals surface area contributed by atoms with E-state index in [1.165, 1.54) is 6.20 Å². The van der Waals surface area contributed by atoms with Gasteiger partial charge in [-0.05, 0) is 26.7 Å². The van der Waals surface area contributed by atoms with E-state index in [1.807, 2.05) is 4.90 Å². The summed E-state index contributed by atoms with van der Waals surface area (Å²) >= 11 is 0. The Morgan fingerprint density at radius 1 is 1.60 bits per heavy atom. The summed E-state index contributed by atoms with van der Waals surface area (Å²) in [6.07, 6.45) is 4.16. The number of anilines is 1. The molecule has 106 valence electrons. The summed E-state index contributed by atoms with van der Waals surface area (Å²) in [4.78, 5) is 22.4. The van der Waals surface area contributed by atoms with Gasteiger partial charge in [0.2, 0.25) is 5.95 Å². The van der Waals surface area contributed by atoms with Crippen molar-refractivity contribution in [1.82, 2.24) is 9.97 Å². The predicted octanol–water partition coefficient (Wildman–Crippen LogP) is 1.84. The van der Waals surface area contributed by atoms with E-state index in [0.29, 0.717) is 42.8 Å². The number of aromatic nitrogens is 2. The second-order valence-electron chi connectivity index (χ2n) is 4.72. The molecule has 0 unspecified atom stereocenters. The number of nitrogens with zero attached hydrogens (tertiary/aromatic N) is 4. The Morgan fingerprint density at radius 2 is 2.35 bits per heavy atom. The first-order valence-electron chi connectivity index (χ1n) is 6.81. The molecule has 0 saturated heterocycles. The normalized spacial score (nSPS) is 13.7. The largest absolute Gasteiger partial charge is 0.462 e. The first kappa shape index (κ1) is 14.3. The molecule has 20 heavy (non-hydrogen) atoms. The number of hydrogen-bond donors (Lipinski definition) is 0. The van der Waals surface area contributed by atoms with E-state index in [2.05, 4.69) is 16.0 Å². The Bertz CT molecular complexity index is 534. The SMILES string of the molecule is CCOC(=O)c1cnc(N(CCC#N)C2CC2)nc1C. The zero-order chi connectivity index (χ0) is 14.5. The number of nitriles is 1. The highest BCUT2D eigenvalue weighted by Gasteiger charge is 2.31. The van der Waals surface area contributed by atoms with Crippen molar-refractivity contribution in [2.45, 2.75) is 39.2 Å². The maximum Gasteiger partial charge on any atom is 0.341 e. The minimum atomic E-state index is -0.397. The molecule has 0 N–H and O–H groups in total. The van der Waals surface area contributed by atoms with Crippen LogP contribution in [0.25, 0.3) is 0 Å². The molecule has 6 heteroatoms. The van der Waals surface area contributed by atoms with Gasteiger partial charge in [-0.1, -0.05) is 0 Å². The molecule has 1 saturated carbocycles. The van der Waals surface area contributed by atoms with Gasteiger partial charge in [-0.2, -0.15) is 5.26 Å². The van der Waals surface area contributed by atoms with E-state index in [9.17, 15) is 4.79 Å². The van der Waals surface area contributed by atoms with Crippen LogP contribution in [0.4, 0.5) is 5.95 Å². The highest BCUT2D eigenvalue weighted by atomic mass is 16.5. The number of ether oxygens (including phenoxy) is 1. The highest BCUT2D eigenvalue weighted by Crippen LogP contribution is 2.30. The average Bonchev–Trinajstić information content (AvgIpc) is 3.24. The van der Waals surface area contributed by atoms with Crippen LogP contribution in [0.5, 0.6) is 0 Å². The molecule has 0 spiro atoms. The maximum atomic E-state index is 11.7. The topological polar surface area (TPSA) is 79.1 Å². The molecule has 2 rings (SSSR count). The molecule has 1 aliphatic carbocycles. The molecule has 0 atom stereocenters. The number of hydrogen-bond acceptors (Lipinski definition) is 6. The van der Waals surface area contributed by atoms with Crippen LogP contribution < -0.4 is 4.90 Å². The number of carbonyl (C=O) groups excluding carboxylic acids is 1. The molecule has 1 aromatic rings. The molecule has 1 aliphatic rings. The van der Waals surface area contributed by atoms with Gasteiger partial charge in [0.05, 0.1) is 30.4 Å². The van der Waals surface area contributed by atoms with Crippen LogP contribution in [0.15, 0.2) is 6.20 Å². The number of carbonyl (C=O) groups is 1. The fourth-order valence-corrected chi connectivity index (χ4v) is 2.00. The van der Waals surface area contributed by atoms with Crippen molar-refractivity contribution in [3.8, 4) is 6.07 Å². The summed E-state index contributed by atoms with van der Waals surface area (Å²) < 4.78 is 4.96. The van der Waals surface area contributed by atoms with Crippen LogP contribution in [0.3, 0.4) is 0 Å². The fraction of sp³-hybridized carbons (Fsp3) is 0.571. The maximum absolute atomic E-state index is 11.7. The molecule has 1 aromatic heterocycles. The van der Waals surface area contributed by atoms with Gasteiger partial charge < -0.3 is 9.64 Å². The van der Waals surface area contributed by atoms with E-state index < -0.39 is 5.97 Å². The monoisotopic (exact) mass is 274 g/mol. The van der Waals surface area contributed by atoms with Crippen molar-refractivity contribution in [3.63, 3.8) is 0 Å². The standard InChI is InChI=1S/C14H18N4O2/c1-3-20-13(19)12-9-16-14(17-10(12)2)18(8-4-7-15)11-5-6-11/h9,11H,3-6,8H2,1-2H3. The van der Waals surface area contributed by atoms with Gasteiger partial charge in [0.1, 0.15) is 0 Å². The third-order valence-corrected chi connectivity index (χ3v) is 3.17. The van der Waals surface area contributed by atoms with Gasteiger partial charge >= 0.3 is 5.97 Å². The van der Waals surface area contributed by atoms with Crippen LogP contribution in [-0.2, 0) is 4.74 Å². The highest BCUT2D eigenvalue weighted by molar-refractivity contribution is 5.90. The summed E-state index contributed by atoms with van der Waals surface area (Å²) in [6, 6.07) is 2.57. The van der Waals surface area contributed by atoms with E-state index in [1.54, 1.807) is 13.8 Å². The summed E-state index contributed by atoms with van der Waals surface area (Å²) in [5.74, 6) is 0.194. The van der Waals surface area contributed by atoms with Crippen LogP contribution >= 0.6 is 0 Å². The molecule has 1 heterocycles. The van der Waals surface area contributed by atoms with Crippen molar-refractivity contribution in [2.24, 2.45) is 0 Å². The molecular weight excluding hydrogens is 256 g/mol. The third kappa shape index (κ3) is 3.23. The number of aryl methyl sites for hydroxylation is 1. The number of esters is 1. The van der Waals surface area contributed by atoms with Crippen molar-refractivity contribution >= 4 is 11.9 Å². The lowest BCUT2D eigenvalue weighted by molar-refractivity contribution is 0.0524. The zero-order valence-electron chi connectivity index (χ0n) is 11.8. The zero-order valence-corrected chi connectivity index (χ0v) is 11.8. The lowest BCUT2D eigenvalue weighted by Gasteiger charge is -2.21. The lowest BCUT2D eigenvalue weighted by Crippen LogP contribution is -2.29. The Hall–Kier alpha value is -2.16. The summed E-state index contributed by atoms with van der Waals surface area (Å²) in [5.41, 5.74) is 1.00. The lowest BCUT2D eigenvalue weighted by atomic mass is 10.2. The minimum Gasteiger partial charge on any atom is -0.462 e. The van der Waals surface area contributed by atoms with Gasteiger partial charge in [0.25, 0.3) is 0 Å². The van der Waals surface area contributed by atoms with Crippen molar-refractivity contribution in [1.29, 1.82) is 5.26 Å². The summed E-state index contributed by atoms with van der Waals surface area (Å²) in [7, 11) is 0. The van der Waals surface area contributed by atoms with Crippen molar-refractivity contribution in [3.05, 3.63) is 17.5 Å². The van der Waals surface area contributed by atoms with Crippen molar-refractivity contribution in [2.75, 3.05) is 18.1 Å². The molecule has 6 nitrogen and oxygen atoms in total. The second kappa shape index (κ2) is 6.33. The van der Waals surface area contributed by atoms with Crippen molar-refractivity contribution < 1.29 is 9.53 Å². The van der Waals surface area contributed by atoms with E-state index in [0.717, 1.165) is 12.8 Å². The van der Waals surface area contributed by atoms with E-state index >= 15 is 0 Å². The van der Waals surface area contributed by atoms with Gasteiger partial charge in [-0.15, -0.1) is 0 Å². The third-order valence-electron chi connectivity index (χ3n) is 3.17. The Morgan fingerprint density at radius 3 is 2.90 bits per heavy atom. The summed E-state index contributed by atoms with van der Waals surface area (Å²) in [5, 5.41) is 8.72. The molecule has 0 radical (unpaired) electrons. The molecule has 0 bridgehead atoms. The molecule has 0 aromatic carbocycles. The van der Waals surface area contributed by atoms with Crippen LogP contribution in [0, 0.1) is 18.3 Å². The van der Waals surface area contributed by atoms with E-state index in [4.69, 9.17) is 10.00 Å². The van der Waals surface area contributed by atoms with Gasteiger partial charge in [-0.25, -0.2) is 14.8 Å². The van der Waals surface area contributed by atoms with E-state index in [-0.39, 0.29) is 0 Å². The molecular formula is C14H18N4O2. The Balaban J connectivity index is 2.18. The quantitative estimate of drug-likeness (QED) is 0.736. The van der Waals surface area contributed by atoms with Crippen LogP contribution in [0.1, 0.15) is 42.2 Å². The van der Waals surface area contributed by atoms with Gasteiger partial charge in [0.15, 0.2) is 0 Å². The smallest absolute Gasteiger partial charge is 0.341 e. The molecule has 0 aliphatic heterocycles.